The maximum absolute atomic E-state index is 11.9. The number of hydrogen-bond donors (Lipinski definition) is 0. The SMILES string of the molecule is C[N+](C)(C)CCOP(=O)([O-])OCC(CO/C=C\F)O/C=C\F. The number of phosphoric ester groups is 1. The van der Waals surface area contributed by atoms with Crippen LogP contribution in [-0.2, 0) is 23.1 Å². The van der Waals surface area contributed by atoms with Crippen molar-refractivity contribution >= 4 is 7.82 Å². The topological polar surface area (TPSA) is 77.1 Å². The monoisotopic (exact) mass is 345 g/mol. The van der Waals surface area contributed by atoms with E-state index in [0.717, 1.165) is 6.26 Å². The third-order valence-electron chi connectivity index (χ3n) is 2.18. The molecule has 0 saturated heterocycles. The molecular formula is C12H22F2NO6P. The Hall–Kier alpha value is -0.990. The van der Waals surface area contributed by atoms with Gasteiger partial charge in [0.05, 0.1) is 27.7 Å². The Bertz CT molecular complexity index is 400. The summed E-state index contributed by atoms with van der Waals surface area (Å²) in [6.07, 6.45) is 0.753. The lowest BCUT2D eigenvalue weighted by atomic mass is 10.4. The summed E-state index contributed by atoms with van der Waals surface area (Å²) in [5.41, 5.74) is 0. The molecular weight excluding hydrogens is 323 g/mol. The first kappa shape index (κ1) is 21.0. The van der Waals surface area contributed by atoms with E-state index in [1.807, 2.05) is 21.1 Å². The van der Waals surface area contributed by atoms with E-state index in [1.165, 1.54) is 0 Å². The molecule has 0 fully saturated rings. The fourth-order valence-corrected chi connectivity index (χ4v) is 1.83. The van der Waals surface area contributed by atoms with Gasteiger partial charge in [0, 0.05) is 0 Å². The first-order chi connectivity index (χ1) is 10.2. The molecule has 0 aliphatic carbocycles. The third-order valence-corrected chi connectivity index (χ3v) is 3.15. The summed E-state index contributed by atoms with van der Waals surface area (Å²) in [4.78, 5) is 11.5. The predicted octanol–water partition coefficient (Wildman–Crippen LogP) is 1.48. The summed E-state index contributed by atoms with van der Waals surface area (Å²) < 4.78 is 54.5. The fraction of sp³-hybridized carbons (Fsp3) is 0.667. The number of nitrogens with zero attached hydrogens (tertiary/aromatic N) is 1. The molecule has 0 amide bonds. The lowest BCUT2D eigenvalue weighted by Crippen LogP contribution is -2.37. The Morgan fingerprint density at radius 1 is 1.14 bits per heavy atom. The van der Waals surface area contributed by atoms with E-state index < -0.39 is 20.5 Å². The molecule has 0 heterocycles. The van der Waals surface area contributed by atoms with Gasteiger partial charge in [-0.2, -0.15) is 0 Å². The minimum atomic E-state index is -4.51. The Balaban J connectivity index is 4.26. The predicted molar refractivity (Wildman–Crippen MR) is 73.7 cm³/mol. The fourth-order valence-electron chi connectivity index (χ4n) is 1.10. The maximum atomic E-state index is 11.9. The van der Waals surface area contributed by atoms with Gasteiger partial charge >= 0.3 is 0 Å². The zero-order chi connectivity index (χ0) is 17.1. The Kier molecular flexibility index (Phi) is 10.2. The molecule has 7 nitrogen and oxygen atoms in total. The number of ether oxygens (including phenoxy) is 2. The van der Waals surface area contributed by atoms with Crippen LogP contribution in [0.2, 0.25) is 0 Å². The lowest BCUT2D eigenvalue weighted by molar-refractivity contribution is -0.870. The van der Waals surface area contributed by atoms with Crippen molar-refractivity contribution in [3.63, 3.8) is 0 Å². The second kappa shape index (κ2) is 10.7. The van der Waals surface area contributed by atoms with E-state index in [-0.39, 0.29) is 25.9 Å². The van der Waals surface area contributed by atoms with Crippen LogP contribution in [-0.4, -0.2) is 58.1 Å². The van der Waals surface area contributed by atoms with Gasteiger partial charge in [0.25, 0.3) is 7.82 Å². The van der Waals surface area contributed by atoms with Crippen LogP contribution in [0.1, 0.15) is 0 Å². The minimum absolute atomic E-state index is 0.0404. The van der Waals surface area contributed by atoms with Crippen LogP contribution in [0, 0.1) is 0 Å². The zero-order valence-corrected chi connectivity index (χ0v) is 13.7. The normalized spacial score (nSPS) is 16.8. The van der Waals surface area contributed by atoms with Gasteiger partial charge in [-0.3, -0.25) is 4.57 Å². The van der Waals surface area contributed by atoms with E-state index in [4.69, 9.17) is 4.74 Å². The van der Waals surface area contributed by atoms with Gasteiger partial charge in [-0.1, -0.05) is 0 Å². The van der Waals surface area contributed by atoms with Crippen LogP contribution in [0.5, 0.6) is 0 Å². The molecule has 0 bridgehead atoms. The van der Waals surface area contributed by atoms with Crippen molar-refractivity contribution in [2.24, 2.45) is 0 Å². The second-order valence-corrected chi connectivity index (χ2v) is 6.62. The lowest BCUT2D eigenvalue weighted by Gasteiger charge is -2.28. The van der Waals surface area contributed by atoms with E-state index in [2.05, 4.69) is 13.8 Å². The maximum Gasteiger partial charge on any atom is 0.268 e. The molecule has 0 spiro atoms. The Morgan fingerprint density at radius 3 is 2.32 bits per heavy atom. The van der Waals surface area contributed by atoms with E-state index in [1.54, 1.807) is 0 Å². The Morgan fingerprint density at radius 2 is 1.77 bits per heavy atom. The zero-order valence-electron chi connectivity index (χ0n) is 12.8. The van der Waals surface area contributed by atoms with Crippen LogP contribution in [0.15, 0.2) is 25.2 Å². The standard InChI is InChI=1S/C12H22F2NO6P/c1-15(2,3)6-9-20-22(16,17)21-11-12(19-8-5-14)10-18-7-4-13/h4-5,7-8,12H,6,9-11H2,1-3H3/b7-4-,8-5-. The molecule has 130 valence electrons. The summed E-state index contributed by atoms with van der Waals surface area (Å²) in [5.74, 6) is 0. The molecule has 0 rings (SSSR count). The quantitative estimate of drug-likeness (QED) is 0.303. The summed E-state index contributed by atoms with van der Waals surface area (Å²) in [6, 6.07) is 0. The van der Waals surface area contributed by atoms with Crippen LogP contribution in [0.25, 0.3) is 0 Å². The highest BCUT2D eigenvalue weighted by Crippen LogP contribution is 2.38. The smallest absolute Gasteiger partial charge is 0.268 e. The summed E-state index contributed by atoms with van der Waals surface area (Å²) in [6.45, 7) is -0.273. The largest absolute Gasteiger partial charge is 0.756 e. The van der Waals surface area contributed by atoms with Crippen LogP contribution < -0.4 is 4.89 Å². The van der Waals surface area contributed by atoms with Crippen molar-refractivity contribution in [3.05, 3.63) is 25.2 Å². The third kappa shape index (κ3) is 12.7. The van der Waals surface area contributed by atoms with Gasteiger partial charge in [0.15, 0.2) is 6.10 Å². The van der Waals surface area contributed by atoms with Crippen LogP contribution >= 0.6 is 7.82 Å². The average molecular weight is 345 g/mol. The molecule has 0 saturated carbocycles. The molecule has 10 heteroatoms. The molecule has 0 aliphatic heterocycles. The van der Waals surface area contributed by atoms with Gasteiger partial charge in [-0.05, 0) is 0 Å². The van der Waals surface area contributed by atoms with Crippen molar-refractivity contribution in [3.8, 4) is 0 Å². The summed E-state index contributed by atoms with van der Waals surface area (Å²) in [5, 5.41) is 0. The first-order valence-electron chi connectivity index (χ1n) is 6.38. The van der Waals surface area contributed by atoms with Crippen molar-refractivity contribution in [1.82, 2.24) is 0 Å². The van der Waals surface area contributed by atoms with Crippen molar-refractivity contribution < 1.29 is 41.2 Å². The van der Waals surface area contributed by atoms with Crippen molar-refractivity contribution in [2.45, 2.75) is 6.10 Å². The number of rotatable bonds is 12. The summed E-state index contributed by atoms with van der Waals surface area (Å²) >= 11 is 0. The van der Waals surface area contributed by atoms with Crippen molar-refractivity contribution in [2.75, 3.05) is 47.5 Å². The van der Waals surface area contributed by atoms with Gasteiger partial charge < -0.3 is 27.9 Å². The molecule has 0 aromatic carbocycles. The molecule has 0 aromatic rings. The minimum Gasteiger partial charge on any atom is -0.756 e. The molecule has 0 aromatic heterocycles. The number of quaternary nitrogens is 1. The summed E-state index contributed by atoms with van der Waals surface area (Å²) in [7, 11) is 1.12. The molecule has 2 atom stereocenters. The van der Waals surface area contributed by atoms with Crippen LogP contribution in [0.4, 0.5) is 8.78 Å². The number of phosphoric acid groups is 1. The average Bonchev–Trinajstić information content (AvgIpc) is 2.39. The van der Waals surface area contributed by atoms with Gasteiger partial charge in [-0.25, -0.2) is 8.78 Å². The van der Waals surface area contributed by atoms with Gasteiger partial charge in [0.1, 0.15) is 44.9 Å². The Labute approximate surface area is 128 Å². The highest BCUT2D eigenvalue weighted by molar-refractivity contribution is 7.45. The molecule has 2 unspecified atom stereocenters. The molecule has 0 N–H and O–H groups in total. The van der Waals surface area contributed by atoms with E-state index in [0.29, 0.717) is 17.3 Å². The highest BCUT2D eigenvalue weighted by atomic mass is 31.2. The molecule has 0 radical (unpaired) electrons. The van der Waals surface area contributed by atoms with E-state index in [9.17, 15) is 18.2 Å². The van der Waals surface area contributed by atoms with Gasteiger partial charge in [0.2, 0.25) is 0 Å². The first-order valence-corrected chi connectivity index (χ1v) is 7.84. The second-order valence-electron chi connectivity index (χ2n) is 5.21. The molecule has 22 heavy (non-hydrogen) atoms. The highest BCUT2D eigenvalue weighted by Gasteiger charge is 2.17. The van der Waals surface area contributed by atoms with Crippen LogP contribution in [0.3, 0.4) is 0 Å². The van der Waals surface area contributed by atoms with Gasteiger partial charge in [-0.15, -0.1) is 0 Å². The number of likely N-dealkylation sites (N-methyl/N-ethyl adjacent to an activating group) is 1. The van der Waals surface area contributed by atoms with Crippen molar-refractivity contribution in [1.29, 1.82) is 0 Å². The number of hydrogen-bond acceptors (Lipinski definition) is 6. The number of halogens is 2. The molecule has 0 aliphatic rings. The van der Waals surface area contributed by atoms with E-state index >= 15 is 0 Å².